The van der Waals surface area contributed by atoms with Gasteiger partial charge in [0, 0.05) is 24.6 Å². The predicted octanol–water partition coefficient (Wildman–Crippen LogP) is 3.05. The molecule has 3 heterocycles. The number of hydrogen-bond donors (Lipinski definition) is 0. The van der Waals surface area contributed by atoms with Crippen molar-refractivity contribution in [3.63, 3.8) is 0 Å². The highest BCUT2D eigenvalue weighted by atomic mass is 32.1. The zero-order valence-corrected chi connectivity index (χ0v) is 14.2. The molecule has 0 bridgehead atoms. The van der Waals surface area contributed by atoms with Gasteiger partial charge in [-0.2, -0.15) is 8.75 Å². The number of fused-ring (bicyclic) bond motifs is 2. The normalized spacial score (nSPS) is 18.9. The summed E-state index contributed by atoms with van der Waals surface area (Å²) in [6.45, 7) is 1.75. The number of likely N-dealkylation sites (tertiary alicyclic amines) is 1. The lowest BCUT2D eigenvalue weighted by Gasteiger charge is -2.17. The first kappa shape index (κ1) is 14.7. The molecule has 5 rings (SSSR count). The second kappa shape index (κ2) is 5.70. The average Bonchev–Trinajstić information content (AvgIpc) is 3.39. The van der Waals surface area contributed by atoms with Crippen molar-refractivity contribution in [3.8, 4) is 11.5 Å². The summed E-state index contributed by atoms with van der Waals surface area (Å²) in [6.07, 6.45) is 0.950. The molecule has 126 valence electrons. The molecule has 7 heteroatoms. The fourth-order valence-electron chi connectivity index (χ4n) is 3.48. The van der Waals surface area contributed by atoms with Gasteiger partial charge in [-0.15, -0.1) is 0 Å². The molecule has 1 fully saturated rings. The minimum Gasteiger partial charge on any atom is -0.454 e. The van der Waals surface area contributed by atoms with Gasteiger partial charge in [-0.05, 0) is 42.3 Å². The lowest BCUT2D eigenvalue weighted by Crippen LogP contribution is -2.28. The molecule has 2 aliphatic heterocycles. The van der Waals surface area contributed by atoms with Crippen LogP contribution in [-0.4, -0.2) is 39.4 Å². The Hall–Kier alpha value is -2.67. The van der Waals surface area contributed by atoms with E-state index in [4.69, 9.17) is 9.47 Å². The Morgan fingerprint density at radius 2 is 1.96 bits per heavy atom. The zero-order valence-electron chi connectivity index (χ0n) is 13.3. The lowest BCUT2D eigenvalue weighted by molar-refractivity contribution is 0.0791. The molecule has 6 nitrogen and oxygen atoms in total. The number of carbonyl (C=O) groups excluding carboxylic acids is 1. The number of rotatable bonds is 2. The number of benzene rings is 2. The van der Waals surface area contributed by atoms with Crippen LogP contribution in [0.25, 0.3) is 11.0 Å². The smallest absolute Gasteiger partial charge is 0.253 e. The quantitative estimate of drug-likeness (QED) is 0.708. The van der Waals surface area contributed by atoms with E-state index in [1.54, 1.807) is 0 Å². The molecule has 0 N–H and O–H groups in total. The van der Waals surface area contributed by atoms with E-state index in [0.717, 1.165) is 35.5 Å². The van der Waals surface area contributed by atoms with Gasteiger partial charge in [0.1, 0.15) is 11.0 Å². The summed E-state index contributed by atoms with van der Waals surface area (Å²) >= 11 is 1.17. The van der Waals surface area contributed by atoms with Gasteiger partial charge in [0.2, 0.25) is 6.79 Å². The molecule has 2 aromatic carbocycles. The van der Waals surface area contributed by atoms with E-state index in [-0.39, 0.29) is 12.7 Å². The van der Waals surface area contributed by atoms with Crippen molar-refractivity contribution >= 4 is 28.7 Å². The zero-order chi connectivity index (χ0) is 16.8. The van der Waals surface area contributed by atoms with Gasteiger partial charge in [-0.25, -0.2) is 0 Å². The maximum Gasteiger partial charge on any atom is 0.253 e. The fourth-order valence-corrected chi connectivity index (χ4v) is 4.00. The molecule has 1 saturated heterocycles. The first-order valence-electron chi connectivity index (χ1n) is 8.19. The second-order valence-electron chi connectivity index (χ2n) is 6.32. The highest BCUT2D eigenvalue weighted by molar-refractivity contribution is 7.00. The van der Waals surface area contributed by atoms with Crippen LogP contribution in [0.5, 0.6) is 11.5 Å². The largest absolute Gasteiger partial charge is 0.454 e. The number of hydrogen-bond acceptors (Lipinski definition) is 6. The number of nitrogens with zero attached hydrogens (tertiary/aromatic N) is 3. The van der Waals surface area contributed by atoms with Gasteiger partial charge in [0.25, 0.3) is 5.91 Å². The maximum atomic E-state index is 12.8. The SMILES string of the molecule is O=C(c1ccc2nsnc2c1)N1CC[C@@H](c2ccc3c(c2)OCO3)C1. The van der Waals surface area contributed by atoms with Crippen LogP contribution in [0.15, 0.2) is 36.4 Å². The Balaban J connectivity index is 1.35. The second-order valence-corrected chi connectivity index (χ2v) is 6.85. The van der Waals surface area contributed by atoms with Crippen LogP contribution in [0.3, 0.4) is 0 Å². The third kappa shape index (κ3) is 2.51. The molecule has 2 aliphatic rings. The topological polar surface area (TPSA) is 64.6 Å². The molecular weight excluding hydrogens is 338 g/mol. The van der Waals surface area contributed by atoms with Gasteiger partial charge >= 0.3 is 0 Å². The van der Waals surface area contributed by atoms with E-state index in [0.29, 0.717) is 18.0 Å². The minimum absolute atomic E-state index is 0.0538. The Morgan fingerprint density at radius 3 is 2.92 bits per heavy atom. The van der Waals surface area contributed by atoms with Gasteiger partial charge in [0.15, 0.2) is 11.5 Å². The summed E-state index contributed by atoms with van der Waals surface area (Å²) in [4.78, 5) is 14.7. The summed E-state index contributed by atoms with van der Waals surface area (Å²) in [5.74, 6) is 1.96. The average molecular weight is 353 g/mol. The van der Waals surface area contributed by atoms with E-state index in [1.165, 1.54) is 17.3 Å². The van der Waals surface area contributed by atoms with Crippen molar-refractivity contribution in [2.24, 2.45) is 0 Å². The van der Waals surface area contributed by atoms with E-state index in [1.807, 2.05) is 35.2 Å². The van der Waals surface area contributed by atoms with Crippen LogP contribution in [0.4, 0.5) is 0 Å². The van der Waals surface area contributed by atoms with Crippen LogP contribution >= 0.6 is 11.7 Å². The number of carbonyl (C=O) groups is 1. The number of ether oxygens (including phenoxy) is 2. The van der Waals surface area contributed by atoms with Gasteiger partial charge in [-0.3, -0.25) is 4.79 Å². The molecule has 0 spiro atoms. The Labute approximate surface area is 148 Å². The standard InChI is InChI=1S/C18H15N3O3S/c22-18(12-1-3-14-15(7-12)20-25-19-14)21-6-5-13(9-21)11-2-4-16-17(8-11)24-10-23-16/h1-4,7-8,13H,5-6,9-10H2/t13-/m1/s1. The lowest BCUT2D eigenvalue weighted by atomic mass is 9.98. The molecule has 1 aromatic heterocycles. The fraction of sp³-hybridized carbons (Fsp3) is 0.278. The van der Waals surface area contributed by atoms with Crippen LogP contribution in [0.2, 0.25) is 0 Å². The van der Waals surface area contributed by atoms with Crippen molar-refractivity contribution in [2.45, 2.75) is 12.3 Å². The molecule has 1 atom stereocenters. The van der Waals surface area contributed by atoms with E-state index >= 15 is 0 Å². The number of amides is 1. The summed E-state index contributed by atoms with van der Waals surface area (Å²) in [7, 11) is 0. The molecule has 0 unspecified atom stereocenters. The molecule has 0 aliphatic carbocycles. The van der Waals surface area contributed by atoms with Crippen molar-refractivity contribution in [3.05, 3.63) is 47.5 Å². The predicted molar refractivity (Wildman–Crippen MR) is 93.2 cm³/mol. The Morgan fingerprint density at radius 1 is 1.08 bits per heavy atom. The van der Waals surface area contributed by atoms with Crippen molar-refractivity contribution in [2.75, 3.05) is 19.9 Å². The van der Waals surface area contributed by atoms with Crippen molar-refractivity contribution < 1.29 is 14.3 Å². The Kier molecular flexibility index (Phi) is 3.34. The van der Waals surface area contributed by atoms with Crippen LogP contribution in [0.1, 0.15) is 28.3 Å². The van der Waals surface area contributed by atoms with Crippen LogP contribution in [-0.2, 0) is 0 Å². The first-order chi connectivity index (χ1) is 12.3. The van der Waals surface area contributed by atoms with Crippen LogP contribution in [0, 0.1) is 0 Å². The third-order valence-electron chi connectivity index (χ3n) is 4.84. The van der Waals surface area contributed by atoms with Crippen LogP contribution < -0.4 is 9.47 Å². The molecule has 25 heavy (non-hydrogen) atoms. The number of aromatic nitrogens is 2. The molecular formula is C18H15N3O3S. The molecule has 1 amide bonds. The van der Waals surface area contributed by atoms with Gasteiger partial charge < -0.3 is 14.4 Å². The maximum absolute atomic E-state index is 12.8. The van der Waals surface area contributed by atoms with E-state index in [2.05, 4.69) is 14.8 Å². The minimum atomic E-state index is 0.0538. The van der Waals surface area contributed by atoms with E-state index < -0.39 is 0 Å². The van der Waals surface area contributed by atoms with Gasteiger partial charge in [0.05, 0.1) is 11.7 Å². The third-order valence-corrected chi connectivity index (χ3v) is 5.40. The van der Waals surface area contributed by atoms with E-state index in [9.17, 15) is 4.79 Å². The molecule has 3 aromatic rings. The summed E-state index contributed by atoms with van der Waals surface area (Å²) in [6, 6.07) is 11.6. The highest BCUT2D eigenvalue weighted by Gasteiger charge is 2.29. The summed E-state index contributed by atoms with van der Waals surface area (Å²) < 4.78 is 19.2. The summed E-state index contributed by atoms with van der Waals surface area (Å²) in [5, 5.41) is 0. The van der Waals surface area contributed by atoms with Crippen molar-refractivity contribution in [1.82, 2.24) is 13.6 Å². The van der Waals surface area contributed by atoms with Gasteiger partial charge in [-0.1, -0.05) is 6.07 Å². The monoisotopic (exact) mass is 353 g/mol. The highest BCUT2D eigenvalue weighted by Crippen LogP contribution is 2.37. The summed E-state index contributed by atoms with van der Waals surface area (Å²) in [5.41, 5.74) is 3.48. The first-order valence-corrected chi connectivity index (χ1v) is 8.92. The van der Waals surface area contributed by atoms with Crippen molar-refractivity contribution in [1.29, 1.82) is 0 Å². The Bertz CT molecular complexity index is 971. The molecule has 0 radical (unpaired) electrons. The molecule has 0 saturated carbocycles.